The molecule has 84 valence electrons. The second-order valence-corrected chi connectivity index (χ2v) is 3.17. The smallest absolute Gasteiger partial charge is 0.404 e. The van der Waals surface area contributed by atoms with Crippen molar-refractivity contribution in [3.63, 3.8) is 0 Å². The van der Waals surface area contributed by atoms with Gasteiger partial charge in [0.1, 0.15) is 10.7 Å². The van der Waals surface area contributed by atoms with Crippen LogP contribution in [0.4, 0.5) is 5.88 Å². The van der Waals surface area contributed by atoms with Crippen LogP contribution in [-0.2, 0) is 6.54 Å². The normalized spacial score (nSPS) is 12.7. The first-order chi connectivity index (χ1) is 7.17. The molecule has 0 radical (unpaired) electrons. The quantitative estimate of drug-likeness (QED) is 0.545. The Morgan fingerprint density at radius 3 is 2.87 bits per heavy atom. The zero-order valence-corrected chi connectivity index (χ0v) is 8.47. The van der Waals surface area contributed by atoms with Gasteiger partial charge in [0, 0.05) is 6.04 Å². The molecule has 0 aromatic carbocycles. The maximum absolute atomic E-state index is 10.3. The fourth-order valence-electron chi connectivity index (χ4n) is 1.14. The highest BCUT2D eigenvalue weighted by molar-refractivity contribution is 5.17. The van der Waals surface area contributed by atoms with Crippen molar-refractivity contribution in [2.24, 2.45) is 0 Å². The predicted octanol–water partition coefficient (Wildman–Crippen LogP) is 1.05. The minimum atomic E-state index is -0.577. The molecule has 0 spiro atoms. The number of hydrogen-bond acceptors (Lipinski definition) is 5. The van der Waals surface area contributed by atoms with Crippen LogP contribution in [0.2, 0.25) is 0 Å². The van der Waals surface area contributed by atoms with Gasteiger partial charge >= 0.3 is 5.88 Å². The largest absolute Gasteiger partial charge is 0.433 e. The number of aliphatic hydroxyl groups excluding tert-OH is 1. The molecule has 6 heteroatoms. The Hall–Kier alpha value is -1.40. The summed E-state index contributed by atoms with van der Waals surface area (Å²) in [4.78, 5) is 9.74. The molecule has 1 aromatic heterocycles. The molecule has 1 heterocycles. The molecule has 0 aliphatic carbocycles. The maximum Gasteiger partial charge on any atom is 0.433 e. The van der Waals surface area contributed by atoms with Crippen molar-refractivity contribution in [1.82, 2.24) is 5.32 Å². The molecule has 0 unspecified atom stereocenters. The summed E-state index contributed by atoms with van der Waals surface area (Å²) >= 11 is 0. The number of rotatable bonds is 6. The summed E-state index contributed by atoms with van der Waals surface area (Å²) in [5.74, 6) is 0.234. The number of aliphatic hydroxyl groups is 1. The molecule has 1 atom stereocenters. The standard InChI is InChI=1S/C9H14N2O4/c1-2-7(6-12)10-5-8-3-4-9(15-8)11(13)14/h3-4,7,10,12H,2,5-6H2,1H3/t7-/m0/s1. The Morgan fingerprint density at radius 2 is 2.40 bits per heavy atom. The molecular formula is C9H14N2O4. The van der Waals surface area contributed by atoms with Crippen LogP contribution >= 0.6 is 0 Å². The average molecular weight is 214 g/mol. The van der Waals surface area contributed by atoms with E-state index >= 15 is 0 Å². The van der Waals surface area contributed by atoms with E-state index in [4.69, 9.17) is 9.52 Å². The second kappa shape index (κ2) is 5.47. The molecule has 0 amide bonds. The van der Waals surface area contributed by atoms with Crippen LogP contribution in [0.3, 0.4) is 0 Å². The summed E-state index contributed by atoms with van der Waals surface area (Å²) in [5.41, 5.74) is 0. The van der Waals surface area contributed by atoms with Crippen molar-refractivity contribution in [2.75, 3.05) is 6.61 Å². The lowest BCUT2D eigenvalue weighted by Crippen LogP contribution is -2.30. The molecule has 15 heavy (non-hydrogen) atoms. The third-order valence-corrected chi connectivity index (χ3v) is 2.11. The average Bonchev–Trinajstić information content (AvgIpc) is 2.68. The number of hydrogen-bond donors (Lipinski definition) is 2. The summed E-state index contributed by atoms with van der Waals surface area (Å²) in [5, 5.41) is 22.2. The van der Waals surface area contributed by atoms with Gasteiger partial charge in [-0.25, -0.2) is 0 Å². The molecule has 1 rings (SSSR count). The molecule has 0 fully saturated rings. The Morgan fingerprint density at radius 1 is 1.67 bits per heavy atom. The van der Waals surface area contributed by atoms with Crippen LogP contribution in [-0.4, -0.2) is 22.7 Å². The van der Waals surface area contributed by atoms with Gasteiger partial charge in [-0.3, -0.25) is 10.1 Å². The van der Waals surface area contributed by atoms with Gasteiger partial charge in [0.15, 0.2) is 0 Å². The van der Waals surface area contributed by atoms with E-state index in [1.165, 1.54) is 6.07 Å². The van der Waals surface area contributed by atoms with E-state index in [0.717, 1.165) is 6.42 Å². The number of furan rings is 1. The van der Waals surface area contributed by atoms with Crippen LogP contribution in [0.1, 0.15) is 19.1 Å². The monoisotopic (exact) mass is 214 g/mol. The highest BCUT2D eigenvalue weighted by atomic mass is 16.6. The van der Waals surface area contributed by atoms with Crippen molar-refractivity contribution < 1.29 is 14.4 Å². The first kappa shape index (κ1) is 11.7. The van der Waals surface area contributed by atoms with E-state index in [-0.39, 0.29) is 18.5 Å². The molecule has 6 nitrogen and oxygen atoms in total. The van der Waals surface area contributed by atoms with E-state index in [1.54, 1.807) is 6.07 Å². The highest BCUT2D eigenvalue weighted by Crippen LogP contribution is 2.15. The topological polar surface area (TPSA) is 88.5 Å². The molecule has 0 aliphatic heterocycles. The van der Waals surface area contributed by atoms with Crippen LogP contribution < -0.4 is 5.32 Å². The summed E-state index contributed by atoms with van der Waals surface area (Å²) in [6.45, 7) is 2.37. The molecule has 0 saturated carbocycles. The predicted molar refractivity (Wildman–Crippen MR) is 53.4 cm³/mol. The SMILES string of the molecule is CC[C@@H](CO)NCc1ccc([N+](=O)[O-])o1. The maximum atomic E-state index is 10.3. The van der Waals surface area contributed by atoms with Crippen LogP contribution in [0, 0.1) is 10.1 Å². The van der Waals surface area contributed by atoms with Crippen molar-refractivity contribution in [3.05, 3.63) is 28.0 Å². The molecule has 0 bridgehead atoms. The molecular weight excluding hydrogens is 200 g/mol. The zero-order chi connectivity index (χ0) is 11.3. The number of nitrogens with zero attached hydrogens (tertiary/aromatic N) is 1. The van der Waals surface area contributed by atoms with Gasteiger partial charge in [0.25, 0.3) is 0 Å². The van der Waals surface area contributed by atoms with Crippen LogP contribution in [0.25, 0.3) is 0 Å². The van der Waals surface area contributed by atoms with E-state index in [9.17, 15) is 10.1 Å². The Labute approximate surface area is 87.0 Å². The summed E-state index contributed by atoms with van der Waals surface area (Å²) < 4.78 is 4.94. The van der Waals surface area contributed by atoms with E-state index in [2.05, 4.69) is 5.32 Å². The Bertz CT molecular complexity index is 320. The minimum absolute atomic E-state index is 0.00541. The first-order valence-electron chi connectivity index (χ1n) is 4.74. The van der Waals surface area contributed by atoms with Gasteiger partial charge in [-0.1, -0.05) is 6.92 Å². The third-order valence-electron chi connectivity index (χ3n) is 2.11. The fourth-order valence-corrected chi connectivity index (χ4v) is 1.14. The Balaban J connectivity index is 2.47. The second-order valence-electron chi connectivity index (χ2n) is 3.17. The van der Waals surface area contributed by atoms with Crippen molar-refractivity contribution >= 4 is 5.88 Å². The molecule has 1 aromatic rings. The van der Waals surface area contributed by atoms with Gasteiger partial charge < -0.3 is 14.8 Å². The molecule has 2 N–H and O–H groups in total. The first-order valence-corrected chi connectivity index (χ1v) is 4.74. The molecule has 0 saturated heterocycles. The minimum Gasteiger partial charge on any atom is -0.404 e. The highest BCUT2D eigenvalue weighted by Gasteiger charge is 2.12. The van der Waals surface area contributed by atoms with E-state index < -0.39 is 4.92 Å². The summed E-state index contributed by atoms with van der Waals surface area (Å²) in [6, 6.07) is 2.86. The lowest BCUT2D eigenvalue weighted by molar-refractivity contribution is -0.402. The van der Waals surface area contributed by atoms with Crippen LogP contribution in [0.5, 0.6) is 0 Å². The van der Waals surface area contributed by atoms with Gasteiger partial charge in [-0.15, -0.1) is 0 Å². The lowest BCUT2D eigenvalue weighted by Gasteiger charge is -2.11. The van der Waals surface area contributed by atoms with Crippen molar-refractivity contribution in [2.45, 2.75) is 25.9 Å². The van der Waals surface area contributed by atoms with Gasteiger partial charge in [-0.2, -0.15) is 0 Å². The van der Waals surface area contributed by atoms with Crippen LogP contribution in [0.15, 0.2) is 16.5 Å². The lowest BCUT2D eigenvalue weighted by atomic mass is 10.2. The zero-order valence-electron chi connectivity index (χ0n) is 8.47. The van der Waals surface area contributed by atoms with Crippen molar-refractivity contribution in [3.8, 4) is 0 Å². The van der Waals surface area contributed by atoms with E-state index in [1.807, 2.05) is 6.92 Å². The third kappa shape index (κ3) is 3.34. The summed E-state index contributed by atoms with van der Waals surface area (Å²) in [7, 11) is 0. The number of nitro groups is 1. The number of nitrogens with one attached hydrogen (secondary N) is 1. The van der Waals surface area contributed by atoms with Crippen molar-refractivity contribution in [1.29, 1.82) is 0 Å². The molecule has 0 aliphatic rings. The van der Waals surface area contributed by atoms with Gasteiger partial charge in [0.2, 0.25) is 0 Å². The van der Waals surface area contributed by atoms with E-state index in [0.29, 0.717) is 12.3 Å². The van der Waals surface area contributed by atoms with Gasteiger partial charge in [0.05, 0.1) is 19.2 Å². The van der Waals surface area contributed by atoms with Gasteiger partial charge in [-0.05, 0) is 12.5 Å². The Kier molecular flexibility index (Phi) is 4.26. The fraction of sp³-hybridized carbons (Fsp3) is 0.556. The summed E-state index contributed by atoms with van der Waals surface area (Å²) in [6.07, 6.45) is 0.791.